The highest BCUT2D eigenvalue weighted by Crippen LogP contribution is 2.34. The topological polar surface area (TPSA) is 106 Å². The molecule has 5 rings (SSSR count). The third-order valence-electron chi connectivity index (χ3n) is 4.91. The zero-order valence-electron chi connectivity index (χ0n) is 14.3. The van der Waals surface area contributed by atoms with Crippen LogP contribution >= 0.6 is 0 Å². The number of rotatable bonds is 3. The molecule has 0 saturated carbocycles. The molecule has 0 saturated heterocycles. The molecular weight excluding hydrogens is 342 g/mol. The van der Waals surface area contributed by atoms with Gasteiger partial charge >= 0.3 is 0 Å². The maximum Gasteiger partial charge on any atom is 0.238 e. The number of H-pyrrole nitrogens is 1. The number of hydrogen-bond donors (Lipinski definition) is 4. The summed E-state index contributed by atoms with van der Waals surface area (Å²) in [4.78, 5) is 15.6. The molecule has 0 spiro atoms. The molecule has 0 fully saturated rings. The number of aliphatic hydroxyl groups excluding tert-OH is 1. The van der Waals surface area contributed by atoms with Gasteiger partial charge in [-0.15, -0.1) is 0 Å². The van der Waals surface area contributed by atoms with Crippen LogP contribution in [0.15, 0.2) is 52.4 Å². The summed E-state index contributed by atoms with van der Waals surface area (Å²) in [6.45, 7) is 0. The van der Waals surface area contributed by atoms with Crippen LogP contribution in [0.3, 0.4) is 0 Å². The van der Waals surface area contributed by atoms with Gasteiger partial charge < -0.3 is 20.5 Å². The second kappa shape index (κ2) is 6.07. The fourth-order valence-electron chi connectivity index (χ4n) is 3.60. The number of nitrogens with one attached hydrogen (secondary N) is 2. The molecule has 0 amide bonds. The third kappa shape index (κ3) is 2.78. The van der Waals surface area contributed by atoms with E-state index in [1.54, 1.807) is 6.08 Å². The Morgan fingerprint density at radius 1 is 1.19 bits per heavy atom. The molecule has 2 aliphatic rings. The van der Waals surface area contributed by atoms with Crippen molar-refractivity contribution in [1.29, 1.82) is 0 Å². The molecule has 1 aromatic heterocycles. The van der Waals surface area contributed by atoms with Gasteiger partial charge in [-0.3, -0.25) is 0 Å². The lowest BCUT2D eigenvalue weighted by Gasteiger charge is -2.17. The summed E-state index contributed by atoms with van der Waals surface area (Å²) in [5, 5.41) is 25.5. The number of benzene rings is 2. The van der Waals surface area contributed by atoms with Crippen molar-refractivity contribution < 1.29 is 10.2 Å². The maximum atomic E-state index is 10.4. The first-order valence-electron chi connectivity index (χ1n) is 8.71. The molecule has 2 atom stereocenters. The molecule has 2 heterocycles. The van der Waals surface area contributed by atoms with Crippen molar-refractivity contribution >= 4 is 24.1 Å². The molecule has 0 bridgehead atoms. The Balaban J connectivity index is 1.45. The second-order valence-electron chi connectivity index (χ2n) is 6.68. The van der Waals surface area contributed by atoms with Gasteiger partial charge in [-0.1, -0.05) is 30.3 Å². The van der Waals surface area contributed by atoms with Crippen molar-refractivity contribution in [3.63, 3.8) is 0 Å². The highest BCUT2D eigenvalue weighted by atomic mass is 16.3. The Morgan fingerprint density at radius 3 is 3.00 bits per heavy atom. The van der Waals surface area contributed by atoms with Crippen LogP contribution in [0.5, 0.6) is 5.88 Å². The van der Waals surface area contributed by atoms with E-state index in [1.807, 2.05) is 42.5 Å². The van der Waals surface area contributed by atoms with Crippen LogP contribution in [0.25, 0.3) is 6.08 Å². The van der Waals surface area contributed by atoms with E-state index in [9.17, 15) is 10.2 Å². The summed E-state index contributed by atoms with van der Waals surface area (Å²) < 4.78 is 0. The summed E-state index contributed by atoms with van der Waals surface area (Å²) in [5.74, 6) is 0.306. The minimum Gasteiger partial charge on any atom is -0.492 e. The van der Waals surface area contributed by atoms with Crippen molar-refractivity contribution in [2.75, 3.05) is 5.32 Å². The predicted octanol–water partition coefficient (Wildman–Crippen LogP) is 1.31. The van der Waals surface area contributed by atoms with Gasteiger partial charge in [-0.05, 0) is 34.6 Å². The lowest BCUT2D eigenvalue weighted by molar-refractivity contribution is 0.165. The lowest BCUT2D eigenvalue weighted by Crippen LogP contribution is -2.21. The number of aliphatic imine (C=N–C) groups is 1. The number of anilines is 1. The average molecular weight is 359 g/mol. The van der Waals surface area contributed by atoms with Gasteiger partial charge in [0.2, 0.25) is 11.8 Å². The zero-order chi connectivity index (χ0) is 18.4. The summed E-state index contributed by atoms with van der Waals surface area (Å²) >= 11 is 0. The molecule has 0 unspecified atom stereocenters. The van der Waals surface area contributed by atoms with E-state index < -0.39 is 6.10 Å². The average Bonchev–Trinajstić information content (AvgIpc) is 3.34. The molecule has 134 valence electrons. The molecule has 3 aromatic rings. The van der Waals surface area contributed by atoms with Crippen LogP contribution in [0, 0.1) is 0 Å². The number of aromatic hydroxyl groups is 1. The van der Waals surface area contributed by atoms with E-state index in [4.69, 9.17) is 0 Å². The Morgan fingerprint density at radius 2 is 2.07 bits per heavy atom. The van der Waals surface area contributed by atoms with Gasteiger partial charge in [0, 0.05) is 6.42 Å². The number of nitrogens with zero attached hydrogens (tertiary/aromatic N) is 3. The molecule has 4 N–H and O–H groups in total. The van der Waals surface area contributed by atoms with Crippen molar-refractivity contribution in [1.82, 2.24) is 9.97 Å². The van der Waals surface area contributed by atoms with Gasteiger partial charge in [0.15, 0.2) is 0 Å². The Hall–Kier alpha value is -3.45. The fourth-order valence-corrected chi connectivity index (χ4v) is 3.60. The summed E-state index contributed by atoms with van der Waals surface area (Å²) in [6.07, 6.45) is 3.37. The molecular formula is C20H17N5O2. The zero-order valence-corrected chi connectivity index (χ0v) is 14.3. The number of imidazole rings is 1. The van der Waals surface area contributed by atoms with Crippen LogP contribution in [-0.2, 0) is 6.42 Å². The van der Waals surface area contributed by atoms with Gasteiger partial charge in [-0.2, -0.15) is 4.98 Å². The van der Waals surface area contributed by atoms with Gasteiger partial charge in [0.1, 0.15) is 12.0 Å². The van der Waals surface area contributed by atoms with E-state index in [-0.39, 0.29) is 11.9 Å². The molecule has 7 heteroatoms. The molecule has 1 aliphatic carbocycles. The van der Waals surface area contributed by atoms with Crippen molar-refractivity contribution in [3.05, 3.63) is 69.9 Å². The second-order valence-corrected chi connectivity index (χ2v) is 6.68. The van der Waals surface area contributed by atoms with Crippen LogP contribution in [0.2, 0.25) is 0 Å². The standard InChI is InChI=1S/C20H17N5O2/c26-17-9-12-3-1-2-4-13(12)18(17)24-20-23-16(19(27)25-20)8-11-5-6-14-15(7-11)22-10-21-14/h1-8,10,17-18,26-27H,9H2,(H2,23,24,25)/b11-8+/t17-,18-/m0/s1. The largest absolute Gasteiger partial charge is 0.492 e. The first-order chi connectivity index (χ1) is 13.2. The predicted molar refractivity (Wildman–Crippen MR) is 102 cm³/mol. The first-order valence-corrected chi connectivity index (χ1v) is 8.71. The monoisotopic (exact) mass is 359 g/mol. The summed E-state index contributed by atoms with van der Waals surface area (Å²) in [6, 6.07) is 13.3. The minimum atomic E-state index is -0.541. The fraction of sp³-hybridized carbons (Fsp3) is 0.150. The van der Waals surface area contributed by atoms with E-state index in [1.165, 1.54) is 6.34 Å². The number of aromatic amines is 1. The number of hydrogen-bond acceptors (Lipinski definition) is 6. The van der Waals surface area contributed by atoms with Crippen LogP contribution in [0.1, 0.15) is 22.9 Å². The third-order valence-corrected chi connectivity index (χ3v) is 4.91. The normalized spacial score (nSPS) is 20.4. The number of aliphatic hydroxyl groups is 1. The number of aromatic nitrogens is 2. The molecule has 0 radical (unpaired) electrons. The Bertz CT molecular complexity index is 1180. The summed E-state index contributed by atoms with van der Waals surface area (Å²) in [5.41, 5.74) is 3.45. The highest BCUT2D eigenvalue weighted by Gasteiger charge is 2.31. The molecule has 27 heavy (non-hydrogen) atoms. The first kappa shape index (κ1) is 15.8. The highest BCUT2D eigenvalue weighted by molar-refractivity contribution is 5.67. The molecule has 1 aliphatic heterocycles. The quantitative estimate of drug-likeness (QED) is 0.566. The van der Waals surface area contributed by atoms with Crippen molar-refractivity contribution in [2.45, 2.75) is 18.6 Å². The van der Waals surface area contributed by atoms with Crippen LogP contribution < -0.4 is 15.9 Å². The van der Waals surface area contributed by atoms with E-state index in [0.717, 1.165) is 27.4 Å². The number of fused-ring (bicyclic) bond motifs is 2. The summed E-state index contributed by atoms with van der Waals surface area (Å²) in [7, 11) is 0. The van der Waals surface area contributed by atoms with E-state index in [2.05, 4.69) is 25.3 Å². The Labute approximate surface area is 154 Å². The smallest absolute Gasteiger partial charge is 0.238 e. The SMILES string of the molecule is Oc1nc(N[C@H]2c3ccccc3C[C@@H]2O)[nH]c1/C=c1\ccc2c(c1)N=CN=2. The van der Waals surface area contributed by atoms with Gasteiger partial charge in [0.25, 0.3) is 0 Å². The lowest BCUT2D eigenvalue weighted by atomic mass is 10.1. The molecule has 7 nitrogen and oxygen atoms in total. The maximum absolute atomic E-state index is 10.4. The van der Waals surface area contributed by atoms with Crippen molar-refractivity contribution in [2.24, 2.45) is 9.98 Å². The Kier molecular flexibility index (Phi) is 3.54. The van der Waals surface area contributed by atoms with Crippen molar-refractivity contribution in [3.8, 4) is 5.88 Å². The van der Waals surface area contributed by atoms with Crippen LogP contribution in [0.4, 0.5) is 11.6 Å². The molecule has 2 aromatic carbocycles. The van der Waals surface area contributed by atoms with Crippen LogP contribution in [-0.4, -0.2) is 32.6 Å². The van der Waals surface area contributed by atoms with E-state index >= 15 is 0 Å². The van der Waals surface area contributed by atoms with E-state index in [0.29, 0.717) is 18.1 Å². The minimum absolute atomic E-state index is 0.105. The van der Waals surface area contributed by atoms with Gasteiger partial charge in [-0.25, -0.2) is 9.98 Å². The van der Waals surface area contributed by atoms with Gasteiger partial charge in [0.05, 0.1) is 23.2 Å².